The first kappa shape index (κ1) is 10.1. The van der Waals surface area contributed by atoms with E-state index in [9.17, 15) is 0 Å². The summed E-state index contributed by atoms with van der Waals surface area (Å²) in [4.78, 5) is 3.83. The molecular formula is C10H17N3S. The van der Waals surface area contributed by atoms with Gasteiger partial charge in [-0.3, -0.25) is 4.90 Å². The summed E-state index contributed by atoms with van der Waals surface area (Å²) in [6.07, 6.45) is 3.12. The van der Waals surface area contributed by atoms with Crippen LogP contribution in [0.1, 0.15) is 18.2 Å². The van der Waals surface area contributed by atoms with E-state index in [-0.39, 0.29) is 0 Å². The fourth-order valence-electron chi connectivity index (χ4n) is 1.98. The fourth-order valence-corrected chi connectivity index (χ4v) is 2.60. The van der Waals surface area contributed by atoms with Crippen LogP contribution in [0.4, 0.5) is 0 Å². The highest BCUT2D eigenvalue weighted by Gasteiger charge is 2.25. The molecule has 0 aliphatic carbocycles. The Morgan fingerprint density at radius 1 is 1.79 bits per heavy atom. The lowest BCUT2D eigenvalue weighted by Gasteiger charge is -2.16. The Hall–Kier alpha value is -0.450. The van der Waals surface area contributed by atoms with E-state index in [1.807, 2.05) is 6.20 Å². The normalized spacial score (nSPS) is 25.4. The second-order valence-electron chi connectivity index (χ2n) is 4.12. The molecule has 14 heavy (non-hydrogen) atoms. The Morgan fingerprint density at radius 3 is 3.21 bits per heavy atom. The van der Waals surface area contributed by atoms with Gasteiger partial charge in [-0.1, -0.05) is 0 Å². The molecule has 1 fully saturated rings. The predicted molar refractivity (Wildman–Crippen MR) is 59.1 cm³/mol. The molecule has 1 aliphatic heterocycles. The van der Waals surface area contributed by atoms with Crippen LogP contribution in [0.5, 0.6) is 0 Å². The van der Waals surface area contributed by atoms with Gasteiger partial charge < -0.3 is 5.73 Å². The molecule has 2 N–H and O–H groups in total. The van der Waals surface area contributed by atoms with Gasteiger partial charge >= 0.3 is 0 Å². The lowest BCUT2D eigenvalue weighted by atomic mass is 10.0. The van der Waals surface area contributed by atoms with E-state index < -0.39 is 0 Å². The minimum absolute atomic E-state index is 0.335. The van der Waals surface area contributed by atoms with Gasteiger partial charge in [0.25, 0.3) is 0 Å². The smallest absolute Gasteiger partial charge is 0.0410 e. The number of aromatic nitrogens is 1. The van der Waals surface area contributed by atoms with E-state index in [4.69, 9.17) is 5.73 Å². The summed E-state index contributed by atoms with van der Waals surface area (Å²) >= 11 is 1.60. The molecule has 1 aromatic heterocycles. The Bertz CT molecular complexity index is 271. The fraction of sp³-hybridized carbons (Fsp3) is 0.700. The third kappa shape index (κ3) is 2.32. The average molecular weight is 211 g/mol. The Labute approximate surface area is 89.1 Å². The van der Waals surface area contributed by atoms with Crippen molar-refractivity contribution >= 4 is 11.5 Å². The number of rotatable bonds is 3. The van der Waals surface area contributed by atoms with Crippen molar-refractivity contribution in [1.82, 2.24) is 9.27 Å². The van der Waals surface area contributed by atoms with Gasteiger partial charge in [0.1, 0.15) is 0 Å². The number of nitrogens with zero attached hydrogens (tertiary/aromatic N) is 2. The second-order valence-corrected chi connectivity index (χ2v) is 5.04. The van der Waals surface area contributed by atoms with Crippen molar-refractivity contribution in [2.45, 2.75) is 25.9 Å². The van der Waals surface area contributed by atoms with Crippen LogP contribution in [0.2, 0.25) is 0 Å². The van der Waals surface area contributed by atoms with Gasteiger partial charge in [0, 0.05) is 30.2 Å². The minimum Gasteiger partial charge on any atom is -0.328 e. The molecule has 1 aromatic rings. The molecule has 2 rings (SSSR count). The van der Waals surface area contributed by atoms with E-state index in [0.717, 1.165) is 13.1 Å². The van der Waals surface area contributed by atoms with Crippen LogP contribution >= 0.6 is 11.5 Å². The molecule has 1 aliphatic rings. The van der Waals surface area contributed by atoms with Gasteiger partial charge in [0.2, 0.25) is 0 Å². The third-order valence-corrected chi connectivity index (χ3v) is 3.65. The molecule has 3 nitrogen and oxygen atoms in total. The molecule has 0 amide bonds. The lowest BCUT2D eigenvalue weighted by molar-refractivity contribution is 0.311. The predicted octanol–water partition coefficient (Wildman–Crippen LogP) is 1.31. The zero-order valence-corrected chi connectivity index (χ0v) is 9.33. The first-order chi connectivity index (χ1) is 6.75. The number of hydrogen-bond donors (Lipinski definition) is 1. The van der Waals surface area contributed by atoms with E-state index in [1.54, 1.807) is 11.5 Å². The van der Waals surface area contributed by atoms with Gasteiger partial charge in [0.15, 0.2) is 0 Å². The maximum Gasteiger partial charge on any atom is 0.0410 e. The molecule has 2 unspecified atom stereocenters. The van der Waals surface area contributed by atoms with Crippen LogP contribution < -0.4 is 5.73 Å². The molecular weight excluding hydrogens is 194 g/mol. The summed E-state index contributed by atoms with van der Waals surface area (Å²) in [5.74, 6) is 0.683. The van der Waals surface area contributed by atoms with Crippen molar-refractivity contribution in [3.8, 4) is 0 Å². The van der Waals surface area contributed by atoms with Crippen molar-refractivity contribution in [3.63, 3.8) is 0 Å². The molecule has 0 spiro atoms. The van der Waals surface area contributed by atoms with Gasteiger partial charge in [-0.2, -0.15) is 0 Å². The second kappa shape index (κ2) is 4.38. The summed E-state index contributed by atoms with van der Waals surface area (Å²) in [6.45, 7) is 5.49. The summed E-state index contributed by atoms with van der Waals surface area (Å²) < 4.78 is 4.11. The van der Waals surface area contributed by atoms with Crippen LogP contribution in [-0.4, -0.2) is 28.4 Å². The van der Waals surface area contributed by atoms with Gasteiger partial charge in [-0.15, -0.1) is 0 Å². The van der Waals surface area contributed by atoms with Crippen LogP contribution in [0.15, 0.2) is 12.3 Å². The number of nitrogens with two attached hydrogens (primary N) is 1. The zero-order valence-electron chi connectivity index (χ0n) is 8.52. The maximum absolute atomic E-state index is 5.90. The van der Waals surface area contributed by atoms with Crippen molar-refractivity contribution in [1.29, 1.82) is 0 Å². The maximum atomic E-state index is 5.90. The van der Waals surface area contributed by atoms with E-state index in [0.29, 0.717) is 12.0 Å². The van der Waals surface area contributed by atoms with Gasteiger partial charge in [-0.25, -0.2) is 4.37 Å². The molecule has 1 saturated heterocycles. The molecule has 4 heteroatoms. The highest BCUT2D eigenvalue weighted by atomic mass is 32.1. The third-order valence-electron chi connectivity index (χ3n) is 2.92. The summed E-state index contributed by atoms with van der Waals surface area (Å²) in [7, 11) is 0. The monoisotopic (exact) mass is 211 g/mol. The molecule has 78 valence electrons. The van der Waals surface area contributed by atoms with E-state index in [2.05, 4.69) is 22.3 Å². The minimum atomic E-state index is 0.335. The quantitative estimate of drug-likeness (QED) is 0.819. The molecule has 0 saturated carbocycles. The number of hydrogen-bond acceptors (Lipinski definition) is 4. The molecule has 0 bridgehead atoms. The van der Waals surface area contributed by atoms with Crippen molar-refractivity contribution < 1.29 is 0 Å². The Balaban J connectivity index is 1.84. The lowest BCUT2D eigenvalue weighted by Crippen LogP contribution is -2.29. The van der Waals surface area contributed by atoms with Crippen LogP contribution in [0.25, 0.3) is 0 Å². The Kier molecular flexibility index (Phi) is 3.15. The van der Waals surface area contributed by atoms with E-state index in [1.165, 1.54) is 17.8 Å². The van der Waals surface area contributed by atoms with E-state index >= 15 is 0 Å². The van der Waals surface area contributed by atoms with Crippen molar-refractivity contribution in [2.75, 3.05) is 13.1 Å². The van der Waals surface area contributed by atoms with Crippen LogP contribution in [0.3, 0.4) is 0 Å². The van der Waals surface area contributed by atoms with Gasteiger partial charge in [0.05, 0.1) is 0 Å². The van der Waals surface area contributed by atoms with Crippen molar-refractivity contribution in [3.05, 3.63) is 17.1 Å². The highest BCUT2D eigenvalue weighted by Crippen LogP contribution is 2.21. The summed E-state index contributed by atoms with van der Waals surface area (Å²) in [5, 5.41) is 0. The molecule has 2 atom stereocenters. The topological polar surface area (TPSA) is 42.1 Å². The molecule has 2 heterocycles. The SMILES string of the molecule is CC(N)C1CCN(Cc2ccns2)C1. The van der Waals surface area contributed by atoms with Crippen LogP contribution in [-0.2, 0) is 6.54 Å². The van der Waals surface area contributed by atoms with Crippen molar-refractivity contribution in [2.24, 2.45) is 11.7 Å². The average Bonchev–Trinajstić information content (AvgIpc) is 2.75. The summed E-state index contributed by atoms with van der Waals surface area (Å²) in [6, 6.07) is 2.44. The van der Waals surface area contributed by atoms with Crippen LogP contribution in [0, 0.1) is 5.92 Å². The number of likely N-dealkylation sites (tertiary alicyclic amines) is 1. The first-order valence-corrected chi connectivity index (χ1v) is 5.90. The molecule has 0 radical (unpaired) electrons. The Morgan fingerprint density at radius 2 is 2.64 bits per heavy atom. The zero-order chi connectivity index (χ0) is 9.97. The molecule has 0 aromatic carbocycles. The van der Waals surface area contributed by atoms with Gasteiger partial charge in [-0.05, 0) is 43.4 Å². The largest absolute Gasteiger partial charge is 0.328 e. The first-order valence-electron chi connectivity index (χ1n) is 5.13. The standard InChI is InChI=1S/C10H17N3S/c1-8(11)9-3-5-13(6-9)7-10-2-4-12-14-10/h2,4,8-9H,3,5-7,11H2,1H3. The highest BCUT2D eigenvalue weighted by molar-refractivity contribution is 7.05. The summed E-state index contributed by atoms with van der Waals surface area (Å²) in [5.41, 5.74) is 5.90.